The van der Waals surface area contributed by atoms with Crippen LogP contribution in [-0.4, -0.2) is 29.1 Å². The second-order valence-corrected chi connectivity index (χ2v) is 10.0. The van der Waals surface area contributed by atoms with Gasteiger partial charge in [-0.3, -0.25) is 9.59 Å². The zero-order valence-corrected chi connectivity index (χ0v) is 17.2. The van der Waals surface area contributed by atoms with Crippen molar-refractivity contribution in [3.05, 3.63) is 12.7 Å². The van der Waals surface area contributed by atoms with Crippen LogP contribution in [0.15, 0.2) is 12.7 Å². The van der Waals surface area contributed by atoms with E-state index in [1.54, 1.807) is 0 Å². The highest BCUT2D eigenvalue weighted by Gasteiger charge is 2.66. The normalized spacial score (nSPS) is 47.5. The van der Waals surface area contributed by atoms with Gasteiger partial charge in [-0.1, -0.05) is 26.8 Å². The summed E-state index contributed by atoms with van der Waals surface area (Å²) in [4.78, 5) is 24.5. The molecule has 0 unspecified atom stereocenters. The second kappa shape index (κ2) is 5.92. The Hall–Kier alpha value is -1.16. The van der Waals surface area contributed by atoms with Gasteiger partial charge in [-0.25, -0.2) is 0 Å². The summed E-state index contributed by atoms with van der Waals surface area (Å²) in [5.74, 6) is 0.477. The molecule has 0 aromatic heterocycles. The van der Waals surface area contributed by atoms with E-state index >= 15 is 0 Å². The Morgan fingerprint density at radius 1 is 1.23 bits per heavy atom. The molecule has 0 aromatic rings. The third-order valence-corrected chi connectivity index (χ3v) is 7.77. The van der Waals surface area contributed by atoms with Crippen molar-refractivity contribution in [3.8, 4) is 0 Å². The van der Waals surface area contributed by atoms with Crippen LogP contribution in [0.1, 0.15) is 73.6 Å². The third-order valence-electron chi connectivity index (χ3n) is 7.77. The van der Waals surface area contributed by atoms with Gasteiger partial charge in [-0.05, 0) is 44.4 Å². The van der Waals surface area contributed by atoms with Crippen LogP contribution in [0.4, 0.5) is 0 Å². The Morgan fingerprint density at radius 2 is 1.88 bits per heavy atom. The van der Waals surface area contributed by atoms with Gasteiger partial charge >= 0.3 is 5.97 Å². The molecule has 2 aliphatic carbocycles. The van der Waals surface area contributed by atoms with Crippen molar-refractivity contribution in [2.24, 2.45) is 22.7 Å². The van der Waals surface area contributed by atoms with Gasteiger partial charge in [0.25, 0.3) is 0 Å². The van der Waals surface area contributed by atoms with E-state index in [0.29, 0.717) is 18.6 Å². The van der Waals surface area contributed by atoms with Crippen LogP contribution in [0, 0.1) is 22.7 Å². The number of carbonyl (C=O) groups excluding carboxylic acids is 2. The lowest BCUT2D eigenvalue weighted by atomic mass is 9.43. The fraction of sp³-hybridized carbons (Fsp3) is 0.818. The number of ketones is 1. The molecule has 2 saturated carbocycles. The predicted molar refractivity (Wildman–Crippen MR) is 101 cm³/mol. The van der Waals surface area contributed by atoms with E-state index < -0.39 is 5.60 Å². The topological polar surface area (TPSA) is 52.6 Å². The largest absolute Gasteiger partial charge is 0.462 e. The molecule has 1 saturated heterocycles. The smallest absolute Gasteiger partial charge is 0.302 e. The number of hydrogen-bond acceptors (Lipinski definition) is 4. The molecule has 0 radical (unpaired) electrons. The average molecular weight is 363 g/mol. The molecule has 1 aliphatic heterocycles. The first-order valence-electron chi connectivity index (χ1n) is 9.92. The third kappa shape index (κ3) is 2.76. The van der Waals surface area contributed by atoms with E-state index in [9.17, 15) is 9.59 Å². The highest BCUT2D eigenvalue weighted by Crippen LogP contribution is 2.65. The molecule has 0 N–H and O–H groups in total. The van der Waals surface area contributed by atoms with Gasteiger partial charge < -0.3 is 9.47 Å². The summed E-state index contributed by atoms with van der Waals surface area (Å²) in [7, 11) is 0. The first-order valence-corrected chi connectivity index (χ1v) is 9.92. The molecule has 4 heteroatoms. The summed E-state index contributed by atoms with van der Waals surface area (Å²) in [6.45, 7) is 16.1. The SMILES string of the molecule is C=C[C@@]1(C)C[C@H](OC(C)=O)[C@H]2[C@]3(C)CCC(=O)C(C)(C)[C@H]3CC[C@]2(C)O1. The monoisotopic (exact) mass is 362 g/mol. The minimum absolute atomic E-state index is 0.0815. The highest BCUT2D eigenvalue weighted by atomic mass is 16.6. The van der Waals surface area contributed by atoms with Crippen molar-refractivity contribution in [2.75, 3.05) is 0 Å². The fourth-order valence-corrected chi connectivity index (χ4v) is 6.72. The standard InChI is InChI=1S/C22H34O4/c1-8-20(5)13-15(25-14(2)23)18-21(6)11-10-17(24)19(3,4)16(21)9-12-22(18,7)26-20/h8,15-16,18H,1,9-13H2,2-7H3/t15-,16+,18-,20-,21+,22-/m0/s1. The number of ether oxygens (including phenoxy) is 2. The van der Waals surface area contributed by atoms with Crippen molar-refractivity contribution in [1.82, 2.24) is 0 Å². The molecule has 6 atom stereocenters. The quantitative estimate of drug-likeness (QED) is 0.537. The zero-order valence-electron chi connectivity index (χ0n) is 17.2. The van der Waals surface area contributed by atoms with Crippen molar-refractivity contribution in [2.45, 2.75) is 91.0 Å². The lowest BCUT2D eigenvalue weighted by Crippen LogP contribution is -2.68. The van der Waals surface area contributed by atoms with Gasteiger partial charge in [0.1, 0.15) is 11.9 Å². The number of rotatable bonds is 2. The Morgan fingerprint density at radius 3 is 2.46 bits per heavy atom. The molecular formula is C22H34O4. The summed E-state index contributed by atoms with van der Waals surface area (Å²) >= 11 is 0. The van der Waals surface area contributed by atoms with Crippen LogP contribution < -0.4 is 0 Å². The Labute approximate surface area is 157 Å². The van der Waals surface area contributed by atoms with Gasteiger partial charge in [0.15, 0.2) is 0 Å². The summed E-state index contributed by atoms with van der Waals surface area (Å²) in [6, 6.07) is 0. The van der Waals surface area contributed by atoms with E-state index in [-0.39, 0.29) is 40.3 Å². The van der Waals surface area contributed by atoms with Crippen molar-refractivity contribution in [1.29, 1.82) is 0 Å². The lowest BCUT2D eigenvalue weighted by Gasteiger charge is -2.65. The van der Waals surface area contributed by atoms with Crippen molar-refractivity contribution >= 4 is 11.8 Å². The van der Waals surface area contributed by atoms with E-state index in [0.717, 1.165) is 19.3 Å². The van der Waals surface area contributed by atoms with E-state index in [1.165, 1.54) is 6.92 Å². The minimum atomic E-state index is -0.505. The van der Waals surface area contributed by atoms with Crippen molar-refractivity contribution < 1.29 is 19.1 Å². The van der Waals surface area contributed by atoms with Gasteiger partial charge in [0, 0.05) is 31.1 Å². The number of Topliss-reactive ketones (excluding diaryl/α,β-unsaturated/α-hetero) is 1. The van der Waals surface area contributed by atoms with E-state index in [1.807, 2.05) is 13.0 Å². The Kier molecular flexibility index (Phi) is 4.46. The van der Waals surface area contributed by atoms with Gasteiger partial charge in [-0.15, -0.1) is 6.58 Å². The van der Waals surface area contributed by atoms with Crippen LogP contribution >= 0.6 is 0 Å². The van der Waals surface area contributed by atoms with Crippen LogP contribution in [0.5, 0.6) is 0 Å². The highest BCUT2D eigenvalue weighted by molar-refractivity contribution is 5.85. The summed E-state index contributed by atoms with van der Waals surface area (Å²) in [5, 5.41) is 0. The Bertz CT molecular complexity index is 638. The molecule has 3 rings (SSSR count). The number of carbonyl (C=O) groups is 2. The molecule has 26 heavy (non-hydrogen) atoms. The number of fused-ring (bicyclic) bond motifs is 3. The summed E-state index contributed by atoms with van der Waals surface area (Å²) < 4.78 is 12.5. The Balaban J connectivity index is 2.08. The summed E-state index contributed by atoms with van der Waals surface area (Å²) in [6.07, 6.45) is 5.51. The molecule has 146 valence electrons. The van der Waals surface area contributed by atoms with E-state index in [2.05, 4.69) is 34.3 Å². The minimum Gasteiger partial charge on any atom is -0.462 e. The second-order valence-electron chi connectivity index (χ2n) is 10.0. The molecule has 1 heterocycles. The van der Waals surface area contributed by atoms with Gasteiger partial charge in [-0.2, -0.15) is 0 Å². The predicted octanol–water partition coefficient (Wildman–Crippen LogP) is 4.46. The number of hydrogen-bond donors (Lipinski definition) is 0. The van der Waals surface area contributed by atoms with Crippen LogP contribution in [0.25, 0.3) is 0 Å². The zero-order chi connectivity index (χ0) is 19.5. The fourth-order valence-electron chi connectivity index (χ4n) is 6.72. The maximum Gasteiger partial charge on any atom is 0.302 e. The molecule has 0 spiro atoms. The molecule has 0 bridgehead atoms. The molecule has 0 amide bonds. The molecular weight excluding hydrogens is 328 g/mol. The number of esters is 1. The maximum absolute atomic E-state index is 12.6. The molecule has 0 aromatic carbocycles. The molecule has 3 fully saturated rings. The van der Waals surface area contributed by atoms with Gasteiger partial charge in [0.2, 0.25) is 0 Å². The van der Waals surface area contributed by atoms with Crippen LogP contribution in [0.3, 0.4) is 0 Å². The molecule has 3 aliphatic rings. The van der Waals surface area contributed by atoms with E-state index in [4.69, 9.17) is 9.47 Å². The summed E-state index contributed by atoms with van der Waals surface area (Å²) in [5.41, 5.74) is -1.32. The van der Waals surface area contributed by atoms with Crippen LogP contribution in [-0.2, 0) is 19.1 Å². The lowest BCUT2D eigenvalue weighted by molar-refractivity contribution is -0.283. The maximum atomic E-state index is 12.6. The average Bonchev–Trinajstić information content (AvgIpc) is 2.49. The van der Waals surface area contributed by atoms with Crippen molar-refractivity contribution in [3.63, 3.8) is 0 Å². The first kappa shape index (κ1) is 19.6. The van der Waals surface area contributed by atoms with Gasteiger partial charge in [0.05, 0.1) is 11.2 Å². The molecule has 4 nitrogen and oxygen atoms in total. The first-order chi connectivity index (χ1) is 11.9. The van der Waals surface area contributed by atoms with Crippen LogP contribution in [0.2, 0.25) is 0 Å².